The van der Waals surface area contributed by atoms with Gasteiger partial charge < -0.3 is 9.80 Å². The minimum absolute atomic E-state index is 0.0773. The van der Waals surface area contributed by atoms with Gasteiger partial charge in [-0.1, -0.05) is 29.3 Å². The Hall–Kier alpha value is -2.03. The summed E-state index contributed by atoms with van der Waals surface area (Å²) < 4.78 is 38.6. The highest BCUT2D eigenvalue weighted by molar-refractivity contribution is 7.92. The van der Waals surface area contributed by atoms with Crippen LogP contribution in [-0.2, 0) is 14.8 Å². The van der Waals surface area contributed by atoms with Gasteiger partial charge in [-0.3, -0.25) is 9.10 Å². The van der Waals surface area contributed by atoms with Crippen LogP contribution in [0.25, 0.3) is 0 Å². The van der Waals surface area contributed by atoms with Gasteiger partial charge in [-0.15, -0.1) is 0 Å². The second-order valence-corrected chi connectivity index (χ2v) is 9.38. The molecule has 1 fully saturated rings. The Balaban J connectivity index is 1.70. The topological polar surface area (TPSA) is 60.9 Å². The standard InChI is InChI=1S/C19H20Cl2FN3O3S/c1-29(27,28)25(17-4-2-3-16(20)19(17)21)13-18(26)24-11-9-23(10-12-24)15-7-5-14(22)6-8-15/h2-8H,9-13H2,1H3. The molecule has 6 nitrogen and oxygen atoms in total. The summed E-state index contributed by atoms with van der Waals surface area (Å²) in [5.74, 6) is -0.631. The summed E-state index contributed by atoms with van der Waals surface area (Å²) in [5.41, 5.74) is 1.04. The fraction of sp³-hybridized carbons (Fsp3) is 0.316. The summed E-state index contributed by atoms with van der Waals surface area (Å²) in [6.45, 7) is 1.62. The molecule has 0 unspecified atom stereocenters. The van der Waals surface area contributed by atoms with Crippen LogP contribution in [-0.4, -0.2) is 58.2 Å². The molecule has 1 heterocycles. The second-order valence-electron chi connectivity index (χ2n) is 6.69. The van der Waals surface area contributed by atoms with Crippen LogP contribution < -0.4 is 9.21 Å². The normalized spacial score (nSPS) is 14.8. The van der Waals surface area contributed by atoms with Crippen molar-refractivity contribution in [1.82, 2.24) is 4.90 Å². The molecule has 10 heteroatoms. The van der Waals surface area contributed by atoms with Crippen LogP contribution >= 0.6 is 23.2 Å². The lowest BCUT2D eigenvalue weighted by atomic mass is 10.2. The molecular formula is C19H20Cl2FN3O3S. The maximum Gasteiger partial charge on any atom is 0.243 e. The highest BCUT2D eigenvalue weighted by Gasteiger charge is 2.28. The van der Waals surface area contributed by atoms with Gasteiger partial charge in [0, 0.05) is 31.9 Å². The number of piperazine rings is 1. The van der Waals surface area contributed by atoms with Gasteiger partial charge in [0.15, 0.2) is 0 Å². The molecule has 0 spiro atoms. The predicted molar refractivity (Wildman–Crippen MR) is 114 cm³/mol. The minimum Gasteiger partial charge on any atom is -0.368 e. The number of anilines is 2. The van der Waals surface area contributed by atoms with Crippen LogP contribution in [0.3, 0.4) is 0 Å². The molecule has 1 saturated heterocycles. The minimum atomic E-state index is -3.75. The monoisotopic (exact) mass is 459 g/mol. The Morgan fingerprint density at radius 1 is 1.07 bits per heavy atom. The fourth-order valence-corrected chi connectivity index (χ4v) is 4.46. The number of sulfonamides is 1. The lowest BCUT2D eigenvalue weighted by molar-refractivity contribution is -0.129. The molecule has 0 N–H and O–H groups in total. The zero-order valence-electron chi connectivity index (χ0n) is 15.7. The molecule has 2 aromatic rings. The molecule has 0 aromatic heterocycles. The number of halogens is 3. The Kier molecular flexibility index (Phi) is 6.55. The van der Waals surface area contributed by atoms with Gasteiger partial charge >= 0.3 is 0 Å². The van der Waals surface area contributed by atoms with Crippen molar-refractivity contribution >= 4 is 50.5 Å². The lowest BCUT2D eigenvalue weighted by Gasteiger charge is -2.37. The van der Waals surface area contributed by atoms with E-state index < -0.39 is 10.0 Å². The number of benzene rings is 2. The number of carbonyl (C=O) groups excluding carboxylic acids is 1. The van der Waals surface area contributed by atoms with Crippen LogP contribution in [0.1, 0.15) is 0 Å². The predicted octanol–water partition coefficient (Wildman–Crippen LogP) is 3.25. The molecule has 0 saturated carbocycles. The van der Waals surface area contributed by atoms with E-state index in [4.69, 9.17) is 23.2 Å². The van der Waals surface area contributed by atoms with Gasteiger partial charge in [-0.05, 0) is 36.4 Å². The fourth-order valence-electron chi connectivity index (χ4n) is 3.15. The number of amides is 1. The molecule has 156 valence electrons. The Morgan fingerprint density at radius 3 is 2.28 bits per heavy atom. The highest BCUT2D eigenvalue weighted by Crippen LogP contribution is 2.33. The molecule has 1 aliphatic rings. The van der Waals surface area contributed by atoms with Crippen molar-refractivity contribution in [2.75, 3.05) is 48.2 Å². The molecule has 29 heavy (non-hydrogen) atoms. The summed E-state index contributed by atoms with van der Waals surface area (Å²) in [5, 5.41) is 0.284. The van der Waals surface area contributed by atoms with Gasteiger partial charge in [0.05, 0.1) is 22.0 Å². The molecule has 1 amide bonds. The van der Waals surface area contributed by atoms with E-state index in [-0.39, 0.29) is 34.0 Å². The number of rotatable bonds is 5. The van der Waals surface area contributed by atoms with E-state index in [1.54, 1.807) is 29.2 Å². The average Bonchev–Trinajstić information content (AvgIpc) is 2.68. The summed E-state index contributed by atoms with van der Waals surface area (Å²) in [6.07, 6.45) is 1.02. The molecule has 2 aromatic carbocycles. The van der Waals surface area contributed by atoms with E-state index in [1.165, 1.54) is 18.2 Å². The van der Waals surface area contributed by atoms with Gasteiger partial charge in [0.2, 0.25) is 15.9 Å². The van der Waals surface area contributed by atoms with Crippen LogP contribution in [0, 0.1) is 5.82 Å². The smallest absolute Gasteiger partial charge is 0.243 e. The van der Waals surface area contributed by atoms with Gasteiger partial charge in [-0.2, -0.15) is 0 Å². The first-order valence-corrected chi connectivity index (χ1v) is 11.5. The third kappa shape index (κ3) is 5.12. The molecule has 3 rings (SSSR count). The van der Waals surface area contributed by atoms with Crippen molar-refractivity contribution in [3.8, 4) is 0 Å². The van der Waals surface area contributed by atoms with Gasteiger partial charge in [0.25, 0.3) is 0 Å². The van der Waals surface area contributed by atoms with E-state index in [1.807, 2.05) is 4.90 Å². The zero-order chi connectivity index (χ0) is 21.2. The maximum atomic E-state index is 13.1. The van der Waals surface area contributed by atoms with E-state index in [2.05, 4.69) is 0 Å². The van der Waals surface area contributed by atoms with E-state index in [9.17, 15) is 17.6 Å². The van der Waals surface area contributed by atoms with Crippen molar-refractivity contribution in [2.24, 2.45) is 0 Å². The van der Waals surface area contributed by atoms with Gasteiger partial charge in [-0.25, -0.2) is 12.8 Å². The van der Waals surface area contributed by atoms with E-state index in [0.717, 1.165) is 16.2 Å². The average molecular weight is 460 g/mol. The molecule has 0 bridgehead atoms. The third-order valence-corrected chi connectivity index (χ3v) is 6.64. The highest BCUT2D eigenvalue weighted by atomic mass is 35.5. The van der Waals surface area contributed by atoms with Crippen LogP contribution in [0.15, 0.2) is 42.5 Å². The van der Waals surface area contributed by atoms with Crippen LogP contribution in [0.2, 0.25) is 10.0 Å². The number of carbonyl (C=O) groups is 1. The third-order valence-electron chi connectivity index (χ3n) is 4.70. The Morgan fingerprint density at radius 2 is 1.69 bits per heavy atom. The number of hydrogen-bond donors (Lipinski definition) is 0. The van der Waals surface area contributed by atoms with Crippen LogP contribution in [0.4, 0.5) is 15.8 Å². The maximum absolute atomic E-state index is 13.1. The van der Waals surface area contributed by atoms with Crippen molar-refractivity contribution in [2.45, 2.75) is 0 Å². The lowest BCUT2D eigenvalue weighted by Crippen LogP contribution is -2.52. The molecule has 0 aliphatic carbocycles. The first-order valence-electron chi connectivity index (χ1n) is 8.87. The second kappa shape index (κ2) is 8.77. The number of hydrogen-bond acceptors (Lipinski definition) is 4. The SMILES string of the molecule is CS(=O)(=O)N(CC(=O)N1CCN(c2ccc(F)cc2)CC1)c1cccc(Cl)c1Cl. The van der Waals surface area contributed by atoms with Gasteiger partial charge in [0.1, 0.15) is 12.4 Å². The van der Waals surface area contributed by atoms with E-state index in [0.29, 0.717) is 26.2 Å². The molecule has 0 radical (unpaired) electrons. The van der Waals surface area contributed by atoms with Crippen molar-refractivity contribution in [3.05, 3.63) is 58.3 Å². The first-order chi connectivity index (χ1) is 13.7. The Labute approximate surface area is 179 Å². The van der Waals surface area contributed by atoms with E-state index >= 15 is 0 Å². The summed E-state index contributed by atoms with van der Waals surface area (Å²) in [4.78, 5) is 16.4. The number of nitrogens with zero attached hydrogens (tertiary/aromatic N) is 3. The first kappa shape index (κ1) is 21.7. The Bertz CT molecular complexity index is 994. The van der Waals surface area contributed by atoms with Crippen molar-refractivity contribution in [1.29, 1.82) is 0 Å². The quantitative estimate of drug-likeness (QED) is 0.688. The molecular weight excluding hydrogens is 440 g/mol. The summed E-state index contributed by atoms with van der Waals surface area (Å²) >= 11 is 12.2. The summed E-state index contributed by atoms with van der Waals surface area (Å²) in [7, 11) is -3.75. The molecule has 1 aliphatic heterocycles. The van der Waals surface area contributed by atoms with Crippen LogP contribution in [0.5, 0.6) is 0 Å². The summed E-state index contributed by atoms with van der Waals surface area (Å²) in [6, 6.07) is 10.8. The largest absolute Gasteiger partial charge is 0.368 e. The molecule has 0 atom stereocenters. The van der Waals surface area contributed by atoms with Crippen molar-refractivity contribution in [3.63, 3.8) is 0 Å². The van der Waals surface area contributed by atoms with Crippen molar-refractivity contribution < 1.29 is 17.6 Å². The zero-order valence-corrected chi connectivity index (χ0v) is 18.0.